The van der Waals surface area contributed by atoms with Gasteiger partial charge in [0.05, 0.1) is 29.0 Å². The average molecular weight is 539 g/mol. The minimum absolute atomic E-state index is 0.312. The number of rotatable bonds is 8. The monoisotopic (exact) mass is 537 g/mol. The van der Waals surface area contributed by atoms with Gasteiger partial charge in [-0.25, -0.2) is 5.43 Å². The Morgan fingerprint density at radius 3 is 2.65 bits per heavy atom. The molecular weight excluding hydrogens is 518 g/mol. The summed E-state index contributed by atoms with van der Waals surface area (Å²) in [6.07, 6.45) is 5.31. The van der Waals surface area contributed by atoms with Gasteiger partial charge in [-0.2, -0.15) is 5.10 Å². The van der Waals surface area contributed by atoms with Gasteiger partial charge in [0.25, 0.3) is 5.91 Å². The highest BCUT2D eigenvalue weighted by Gasteiger charge is 2.13. The third kappa shape index (κ3) is 5.68. The number of hydrogen-bond acceptors (Lipinski definition) is 4. The highest BCUT2D eigenvalue weighted by atomic mass is 79.9. The summed E-state index contributed by atoms with van der Waals surface area (Å²) in [5, 5.41) is 4.77. The number of carbonyl (C=O) groups excluding carboxylic acids is 1. The van der Waals surface area contributed by atoms with Crippen molar-refractivity contribution in [2.45, 2.75) is 6.61 Å². The molecule has 1 amide bonds. The van der Waals surface area contributed by atoms with Gasteiger partial charge in [0, 0.05) is 17.4 Å². The minimum atomic E-state index is -0.312. The van der Waals surface area contributed by atoms with Crippen molar-refractivity contribution in [1.82, 2.24) is 9.99 Å². The molecule has 172 valence electrons. The first-order valence-electron chi connectivity index (χ1n) is 10.4. The Morgan fingerprint density at radius 2 is 1.88 bits per heavy atom. The van der Waals surface area contributed by atoms with Crippen molar-refractivity contribution >= 4 is 39.7 Å². The van der Waals surface area contributed by atoms with E-state index in [2.05, 4.69) is 26.5 Å². The maximum atomic E-state index is 12.7. The van der Waals surface area contributed by atoms with Crippen LogP contribution in [-0.4, -0.2) is 23.8 Å². The highest BCUT2D eigenvalue weighted by Crippen LogP contribution is 2.37. The van der Waals surface area contributed by atoms with Crippen molar-refractivity contribution in [3.05, 3.63) is 111 Å². The molecule has 0 saturated carbocycles. The second-order valence-corrected chi connectivity index (χ2v) is 8.55. The number of hydrazone groups is 1. The van der Waals surface area contributed by atoms with Crippen molar-refractivity contribution in [2.75, 3.05) is 7.11 Å². The van der Waals surface area contributed by atoms with Gasteiger partial charge < -0.3 is 14.0 Å². The second-order valence-electron chi connectivity index (χ2n) is 7.26. The molecule has 8 heteroatoms. The fourth-order valence-electron chi connectivity index (χ4n) is 3.35. The van der Waals surface area contributed by atoms with Crippen LogP contribution >= 0.6 is 27.5 Å². The zero-order valence-electron chi connectivity index (χ0n) is 18.2. The number of methoxy groups -OCH3 is 1. The van der Waals surface area contributed by atoms with Crippen LogP contribution in [0.5, 0.6) is 11.5 Å². The Kier molecular flexibility index (Phi) is 7.67. The number of benzene rings is 3. The van der Waals surface area contributed by atoms with E-state index >= 15 is 0 Å². The lowest BCUT2D eigenvalue weighted by Gasteiger charge is -2.13. The summed E-state index contributed by atoms with van der Waals surface area (Å²) in [6.45, 7) is 0.333. The number of halogens is 2. The van der Waals surface area contributed by atoms with Gasteiger partial charge in [-0.05, 0) is 75.6 Å². The molecule has 3 aromatic carbocycles. The van der Waals surface area contributed by atoms with Gasteiger partial charge in [-0.15, -0.1) is 0 Å². The van der Waals surface area contributed by atoms with Crippen LogP contribution in [0.4, 0.5) is 0 Å². The van der Waals surface area contributed by atoms with Crippen LogP contribution in [0.3, 0.4) is 0 Å². The molecule has 6 nitrogen and oxygen atoms in total. The molecule has 34 heavy (non-hydrogen) atoms. The molecule has 0 atom stereocenters. The van der Waals surface area contributed by atoms with Crippen LogP contribution in [-0.2, 0) is 6.61 Å². The van der Waals surface area contributed by atoms with Gasteiger partial charge in [0.15, 0.2) is 11.5 Å². The largest absolute Gasteiger partial charge is 0.493 e. The van der Waals surface area contributed by atoms with Crippen LogP contribution in [0.15, 0.2) is 94.8 Å². The normalized spacial score (nSPS) is 10.9. The molecule has 1 aromatic heterocycles. The summed E-state index contributed by atoms with van der Waals surface area (Å²) in [5.74, 6) is 0.777. The molecule has 4 aromatic rings. The van der Waals surface area contributed by atoms with Crippen LogP contribution in [0.1, 0.15) is 21.5 Å². The number of aromatic nitrogens is 1. The highest BCUT2D eigenvalue weighted by molar-refractivity contribution is 9.10. The minimum Gasteiger partial charge on any atom is -0.493 e. The van der Waals surface area contributed by atoms with Crippen molar-refractivity contribution < 1.29 is 14.3 Å². The van der Waals surface area contributed by atoms with Crippen LogP contribution in [0, 0.1) is 0 Å². The third-order valence-corrected chi connectivity index (χ3v) is 5.76. The summed E-state index contributed by atoms with van der Waals surface area (Å²) in [7, 11) is 1.56. The SMILES string of the molecule is COc1cc(/C=N/NC(=O)c2ccccc2-n2cccc2)cc(Br)c1OCc1cccc(Cl)c1. The van der Waals surface area contributed by atoms with Gasteiger partial charge in [-0.1, -0.05) is 35.9 Å². The number of para-hydroxylation sites is 1. The van der Waals surface area contributed by atoms with Crippen molar-refractivity contribution in [1.29, 1.82) is 0 Å². The molecule has 0 fully saturated rings. The van der Waals surface area contributed by atoms with E-state index < -0.39 is 0 Å². The van der Waals surface area contributed by atoms with E-state index in [1.165, 1.54) is 0 Å². The van der Waals surface area contributed by atoms with Crippen LogP contribution in [0.2, 0.25) is 5.02 Å². The number of hydrogen-bond donors (Lipinski definition) is 1. The molecular formula is C26H21BrClN3O3. The zero-order valence-corrected chi connectivity index (χ0v) is 20.6. The molecule has 0 aliphatic rings. The van der Waals surface area contributed by atoms with E-state index in [1.807, 2.05) is 77.6 Å². The Labute approximate surface area is 210 Å². The molecule has 0 aliphatic heterocycles. The molecule has 0 spiro atoms. The maximum absolute atomic E-state index is 12.7. The summed E-state index contributed by atoms with van der Waals surface area (Å²) < 4.78 is 14.0. The van der Waals surface area contributed by atoms with Gasteiger partial charge >= 0.3 is 0 Å². The number of amides is 1. The predicted octanol–water partition coefficient (Wildman–Crippen LogP) is 6.24. The Bertz CT molecular complexity index is 1320. The van der Waals surface area contributed by atoms with E-state index in [-0.39, 0.29) is 5.91 Å². The van der Waals surface area contributed by atoms with Crippen molar-refractivity contribution in [3.63, 3.8) is 0 Å². The molecule has 0 aliphatic carbocycles. The summed E-state index contributed by atoms with van der Waals surface area (Å²) in [4.78, 5) is 12.7. The fourth-order valence-corrected chi connectivity index (χ4v) is 4.14. The third-order valence-electron chi connectivity index (χ3n) is 4.93. The van der Waals surface area contributed by atoms with Crippen LogP contribution in [0.25, 0.3) is 5.69 Å². The molecule has 0 radical (unpaired) electrons. The molecule has 0 bridgehead atoms. The van der Waals surface area contributed by atoms with E-state index in [4.69, 9.17) is 21.1 Å². The Balaban J connectivity index is 1.46. The quantitative estimate of drug-likeness (QED) is 0.213. The molecule has 0 saturated heterocycles. The lowest BCUT2D eigenvalue weighted by molar-refractivity contribution is 0.0955. The predicted molar refractivity (Wildman–Crippen MR) is 137 cm³/mol. The smallest absolute Gasteiger partial charge is 0.273 e. The van der Waals surface area contributed by atoms with E-state index in [9.17, 15) is 4.79 Å². The van der Waals surface area contributed by atoms with Gasteiger partial charge in [0.2, 0.25) is 0 Å². The maximum Gasteiger partial charge on any atom is 0.273 e. The number of ether oxygens (including phenoxy) is 2. The topological polar surface area (TPSA) is 64.8 Å². The van der Waals surface area contributed by atoms with E-state index in [0.717, 1.165) is 16.8 Å². The van der Waals surface area contributed by atoms with Crippen molar-refractivity contribution in [2.24, 2.45) is 5.10 Å². The first kappa shape index (κ1) is 23.6. The number of nitrogens with one attached hydrogen (secondary N) is 1. The first-order chi connectivity index (χ1) is 16.5. The molecule has 0 unspecified atom stereocenters. The Morgan fingerprint density at radius 1 is 1.09 bits per heavy atom. The average Bonchev–Trinajstić information content (AvgIpc) is 3.38. The number of nitrogens with zero attached hydrogens (tertiary/aromatic N) is 2. The molecule has 1 heterocycles. The van der Waals surface area contributed by atoms with Crippen LogP contribution < -0.4 is 14.9 Å². The summed E-state index contributed by atoms with van der Waals surface area (Å²) >= 11 is 9.58. The first-order valence-corrected chi connectivity index (χ1v) is 11.5. The molecule has 4 rings (SSSR count). The van der Waals surface area contributed by atoms with E-state index in [0.29, 0.717) is 33.2 Å². The molecule has 1 N–H and O–H groups in total. The lowest BCUT2D eigenvalue weighted by Crippen LogP contribution is -2.19. The zero-order chi connectivity index (χ0) is 23.9. The standard InChI is InChI=1S/C26H21BrClN3O3/c1-33-24-15-19(14-22(27)25(24)34-17-18-7-6-8-20(28)13-18)16-29-30-26(32)21-9-2-3-10-23(21)31-11-4-5-12-31/h2-16H,17H2,1H3,(H,30,32)/b29-16+. The lowest BCUT2D eigenvalue weighted by atomic mass is 10.1. The van der Waals surface area contributed by atoms with Crippen molar-refractivity contribution in [3.8, 4) is 17.2 Å². The van der Waals surface area contributed by atoms with Gasteiger partial charge in [-0.3, -0.25) is 4.79 Å². The second kappa shape index (κ2) is 11.0. The summed E-state index contributed by atoms with van der Waals surface area (Å²) in [6, 6.07) is 22.2. The fraction of sp³-hybridized carbons (Fsp3) is 0.0769. The summed E-state index contributed by atoms with van der Waals surface area (Å²) in [5.41, 5.74) is 5.53. The van der Waals surface area contributed by atoms with Gasteiger partial charge in [0.1, 0.15) is 6.61 Å². The Hall–Kier alpha value is -3.55. The van der Waals surface area contributed by atoms with E-state index in [1.54, 1.807) is 25.5 Å². The number of carbonyl (C=O) groups is 1.